The maximum Gasteiger partial charge on any atom is 0.314 e. The number of carbonyl (C=O) groups is 4. The number of carbonyl (C=O) groups excluding carboxylic acids is 4. The van der Waals surface area contributed by atoms with Crippen LogP contribution in [0.3, 0.4) is 0 Å². The molecule has 0 radical (unpaired) electrons. The van der Waals surface area contributed by atoms with E-state index in [0.29, 0.717) is 22.7 Å². The first kappa shape index (κ1) is 18.7. The molecule has 2 rings (SSSR count). The Morgan fingerprint density at radius 1 is 0.577 bits per heavy atom. The Balaban J connectivity index is 2.01. The summed E-state index contributed by atoms with van der Waals surface area (Å²) >= 11 is 0. The fourth-order valence-electron chi connectivity index (χ4n) is 2.13. The molecule has 0 saturated heterocycles. The van der Waals surface area contributed by atoms with Crippen molar-refractivity contribution in [3.63, 3.8) is 0 Å². The molecule has 2 aromatic carbocycles. The van der Waals surface area contributed by atoms with Crippen LogP contribution in [0.1, 0.15) is 13.8 Å². The molecule has 0 spiro atoms. The molecule has 0 aliphatic rings. The molecule has 4 N–H and O–H groups in total. The average molecular weight is 354 g/mol. The lowest BCUT2D eigenvalue weighted by Gasteiger charge is -2.09. The van der Waals surface area contributed by atoms with Crippen molar-refractivity contribution >= 4 is 46.4 Å². The summed E-state index contributed by atoms with van der Waals surface area (Å²) in [4.78, 5) is 46.2. The Morgan fingerprint density at radius 3 is 1.19 bits per heavy atom. The van der Waals surface area contributed by atoms with Crippen molar-refractivity contribution in [3.05, 3.63) is 48.5 Å². The maximum absolute atomic E-state index is 12.0. The molecule has 0 fully saturated rings. The molecule has 0 heterocycles. The zero-order valence-electron chi connectivity index (χ0n) is 14.3. The summed E-state index contributed by atoms with van der Waals surface area (Å²) in [6.45, 7) is 2.74. The van der Waals surface area contributed by atoms with Crippen molar-refractivity contribution in [3.8, 4) is 0 Å². The Labute approximate surface area is 150 Å². The van der Waals surface area contributed by atoms with Crippen molar-refractivity contribution in [1.82, 2.24) is 0 Å². The predicted octanol–water partition coefficient (Wildman–Crippen LogP) is 2.18. The zero-order valence-corrected chi connectivity index (χ0v) is 14.3. The van der Waals surface area contributed by atoms with Gasteiger partial charge in [0, 0.05) is 36.6 Å². The highest BCUT2D eigenvalue weighted by molar-refractivity contribution is 6.43. The summed E-state index contributed by atoms with van der Waals surface area (Å²) in [6, 6.07) is 12.8. The molecule has 4 amide bonds. The van der Waals surface area contributed by atoms with Crippen molar-refractivity contribution in [1.29, 1.82) is 0 Å². The summed E-state index contributed by atoms with van der Waals surface area (Å²) in [5.74, 6) is -2.22. The fraction of sp³-hybridized carbons (Fsp3) is 0.111. The van der Waals surface area contributed by atoms with Gasteiger partial charge in [0.15, 0.2) is 0 Å². The van der Waals surface area contributed by atoms with Gasteiger partial charge in [-0.05, 0) is 36.4 Å². The van der Waals surface area contributed by atoms with Crippen LogP contribution in [0.2, 0.25) is 0 Å². The van der Waals surface area contributed by atoms with E-state index in [1.807, 2.05) is 0 Å². The van der Waals surface area contributed by atoms with Gasteiger partial charge >= 0.3 is 11.8 Å². The molecule has 8 heteroatoms. The van der Waals surface area contributed by atoms with Gasteiger partial charge in [0.25, 0.3) is 0 Å². The highest BCUT2D eigenvalue weighted by Gasteiger charge is 2.14. The topological polar surface area (TPSA) is 116 Å². The van der Waals surface area contributed by atoms with Gasteiger partial charge in [0.05, 0.1) is 0 Å². The van der Waals surface area contributed by atoms with E-state index in [9.17, 15) is 19.2 Å². The van der Waals surface area contributed by atoms with Crippen LogP contribution in [0.15, 0.2) is 48.5 Å². The minimum atomic E-state index is -0.866. The third kappa shape index (κ3) is 5.75. The number of benzene rings is 2. The average Bonchev–Trinajstić information content (AvgIpc) is 2.54. The molecule has 134 valence electrons. The van der Waals surface area contributed by atoms with Gasteiger partial charge < -0.3 is 21.3 Å². The van der Waals surface area contributed by atoms with Gasteiger partial charge in [-0.1, -0.05) is 12.1 Å². The number of nitrogens with one attached hydrogen (secondary N) is 4. The Hall–Kier alpha value is -3.68. The van der Waals surface area contributed by atoms with Crippen LogP contribution in [0.25, 0.3) is 0 Å². The lowest BCUT2D eigenvalue weighted by Crippen LogP contribution is -2.29. The van der Waals surface area contributed by atoms with Crippen LogP contribution in [0, 0.1) is 0 Å². The van der Waals surface area contributed by atoms with Crippen LogP contribution < -0.4 is 21.3 Å². The van der Waals surface area contributed by atoms with E-state index in [0.717, 1.165) is 0 Å². The minimum absolute atomic E-state index is 0.245. The first-order valence-corrected chi connectivity index (χ1v) is 7.71. The number of anilines is 4. The molecule has 0 aliphatic heterocycles. The van der Waals surface area contributed by atoms with Gasteiger partial charge in [-0.25, -0.2) is 0 Å². The Bertz CT molecular complexity index is 792. The SMILES string of the molecule is CC(=O)Nc1cccc(NC(=O)C(=O)Nc2cccc(NC(C)=O)c2)c1. The van der Waals surface area contributed by atoms with Gasteiger partial charge in [0.1, 0.15) is 0 Å². The molecule has 0 aromatic heterocycles. The number of hydrogen-bond acceptors (Lipinski definition) is 4. The van der Waals surface area contributed by atoms with Gasteiger partial charge in [-0.2, -0.15) is 0 Å². The van der Waals surface area contributed by atoms with Gasteiger partial charge in [-0.15, -0.1) is 0 Å². The summed E-state index contributed by atoms with van der Waals surface area (Å²) in [5.41, 5.74) is 1.73. The third-order valence-corrected chi connectivity index (χ3v) is 3.09. The smallest absolute Gasteiger partial charge is 0.314 e. The normalized spacial score (nSPS) is 9.77. The highest BCUT2D eigenvalue weighted by atomic mass is 16.2. The molecule has 2 aromatic rings. The highest BCUT2D eigenvalue weighted by Crippen LogP contribution is 2.17. The Morgan fingerprint density at radius 2 is 0.885 bits per heavy atom. The molecule has 0 aliphatic carbocycles. The molecule has 0 unspecified atom stereocenters. The first-order valence-electron chi connectivity index (χ1n) is 7.71. The summed E-state index contributed by atoms with van der Waals surface area (Å²) in [5, 5.41) is 10.1. The number of amides is 4. The van der Waals surface area contributed by atoms with Crippen LogP contribution >= 0.6 is 0 Å². The maximum atomic E-state index is 12.0. The van der Waals surface area contributed by atoms with E-state index < -0.39 is 11.8 Å². The van der Waals surface area contributed by atoms with Gasteiger partial charge in [-0.3, -0.25) is 19.2 Å². The van der Waals surface area contributed by atoms with Gasteiger partial charge in [0.2, 0.25) is 11.8 Å². The van der Waals surface area contributed by atoms with Crippen LogP contribution in [0.5, 0.6) is 0 Å². The van der Waals surface area contributed by atoms with E-state index >= 15 is 0 Å². The second-order valence-corrected chi connectivity index (χ2v) is 5.43. The van der Waals surface area contributed by atoms with E-state index in [1.165, 1.54) is 26.0 Å². The Kier molecular flexibility index (Phi) is 6.05. The number of rotatable bonds is 4. The monoisotopic (exact) mass is 354 g/mol. The molecule has 0 atom stereocenters. The van der Waals surface area contributed by atoms with Crippen molar-refractivity contribution < 1.29 is 19.2 Å². The molecular weight excluding hydrogens is 336 g/mol. The van der Waals surface area contributed by atoms with Crippen LogP contribution in [-0.4, -0.2) is 23.6 Å². The van der Waals surface area contributed by atoms with Crippen molar-refractivity contribution in [2.75, 3.05) is 21.3 Å². The van der Waals surface area contributed by atoms with E-state index in [2.05, 4.69) is 21.3 Å². The molecular formula is C18H18N4O4. The fourth-order valence-corrected chi connectivity index (χ4v) is 2.13. The first-order chi connectivity index (χ1) is 12.3. The molecule has 8 nitrogen and oxygen atoms in total. The summed E-state index contributed by atoms with van der Waals surface area (Å²) in [7, 11) is 0. The second-order valence-electron chi connectivity index (χ2n) is 5.43. The molecule has 26 heavy (non-hydrogen) atoms. The third-order valence-electron chi connectivity index (χ3n) is 3.09. The van der Waals surface area contributed by atoms with Crippen LogP contribution in [-0.2, 0) is 19.2 Å². The largest absolute Gasteiger partial charge is 0.326 e. The lowest BCUT2D eigenvalue weighted by molar-refractivity contribution is -0.132. The van der Waals surface area contributed by atoms with Crippen molar-refractivity contribution in [2.24, 2.45) is 0 Å². The van der Waals surface area contributed by atoms with E-state index in [-0.39, 0.29) is 11.8 Å². The van der Waals surface area contributed by atoms with E-state index in [4.69, 9.17) is 0 Å². The summed E-state index contributed by atoms with van der Waals surface area (Å²) in [6.07, 6.45) is 0. The van der Waals surface area contributed by atoms with Crippen LogP contribution in [0.4, 0.5) is 22.7 Å². The van der Waals surface area contributed by atoms with Crippen molar-refractivity contribution in [2.45, 2.75) is 13.8 Å². The zero-order chi connectivity index (χ0) is 19.1. The molecule has 0 saturated carbocycles. The van der Waals surface area contributed by atoms with E-state index in [1.54, 1.807) is 36.4 Å². The molecule has 0 bridgehead atoms. The lowest BCUT2D eigenvalue weighted by atomic mass is 10.2. The summed E-state index contributed by atoms with van der Waals surface area (Å²) < 4.78 is 0. The number of hydrogen-bond donors (Lipinski definition) is 4. The second kappa shape index (κ2) is 8.43. The standard InChI is InChI=1S/C18H18N4O4/c1-11(23)19-13-5-3-7-15(9-13)21-17(25)18(26)22-16-8-4-6-14(10-16)20-12(2)24/h3-10H,1-2H3,(H,19,23)(H,20,24)(H,21,25)(H,22,26). The minimum Gasteiger partial charge on any atom is -0.326 e. The predicted molar refractivity (Wildman–Crippen MR) is 98.8 cm³/mol. The quantitative estimate of drug-likeness (QED) is 0.630.